The lowest BCUT2D eigenvalue weighted by Gasteiger charge is -2.00. The van der Waals surface area contributed by atoms with Gasteiger partial charge >= 0.3 is 0 Å². The van der Waals surface area contributed by atoms with Crippen LogP contribution in [-0.2, 0) is 0 Å². The summed E-state index contributed by atoms with van der Waals surface area (Å²) in [6.45, 7) is 1.56. The van der Waals surface area contributed by atoms with Gasteiger partial charge in [-0.25, -0.2) is 0 Å². The Labute approximate surface area is 83.1 Å². The van der Waals surface area contributed by atoms with Crippen LogP contribution >= 0.6 is 15.9 Å². The Morgan fingerprint density at radius 2 is 2.23 bits per heavy atom. The number of hydrogen-bond acceptors (Lipinski definition) is 3. The zero-order valence-electron chi connectivity index (χ0n) is 6.74. The third-order valence-electron chi connectivity index (χ3n) is 1.69. The zero-order valence-corrected chi connectivity index (χ0v) is 8.33. The number of nitro groups is 1. The first-order valence-electron chi connectivity index (χ1n) is 3.41. The molecule has 0 bridgehead atoms. The number of nitro benzene ring substituents is 1. The highest BCUT2D eigenvalue weighted by Crippen LogP contribution is 2.27. The van der Waals surface area contributed by atoms with Gasteiger partial charge in [-0.2, -0.15) is 5.26 Å². The van der Waals surface area contributed by atoms with Gasteiger partial charge in [-0.3, -0.25) is 10.1 Å². The molecule has 0 aromatic heterocycles. The molecular weight excluding hydrogens is 236 g/mol. The Kier molecular flexibility index (Phi) is 2.63. The quantitative estimate of drug-likeness (QED) is 0.560. The summed E-state index contributed by atoms with van der Waals surface area (Å²) in [5, 5.41) is 19.2. The number of nitrogens with zero attached hydrogens (tertiary/aromatic N) is 2. The highest BCUT2D eigenvalue weighted by Gasteiger charge is 2.15. The van der Waals surface area contributed by atoms with E-state index in [1.807, 2.05) is 6.07 Å². The van der Waals surface area contributed by atoms with Crippen LogP contribution in [0.3, 0.4) is 0 Å². The molecule has 0 amide bonds. The summed E-state index contributed by atoms with van der Waals surface area (Å²) in [6.07, 6.45) is 0. The number of hydrogen-bond donors (Lipinski definition) is 0. The standard InChI is InChI=1S/C8H5BrN2O2/c1-5-6(4-10)7(9)2-3-8(5)11(12)13/h2-3H,1H3. The number of benzene rings is 1. The largest absolute Gasteiger partial charge is 0.273 e. The third kappa shape index (κ3) is 1.68. The molecule has 0 radical (unpaired) electrons. The number of rotatable bonds is 1. The molecule has 0 unspecified atom stereocenters. The molecule has 5 heteroatoms. The molecule has 0 aliphatic rings. The zero-order chi connectivity index (χ0) is 10.0. The Bertz CT molecular complexity index is 409. The summed E-state index contributed by atoms with van der Waals surface area (Å²) >= 11 is 3.15. The smallest absolute Gasteiger partial charge is 0.258 e. The summed E-state index contributed by atoms with van der Waals surface area (Å²) in [5.41, 5.74) is 0.677. The predicted octanol–water partition coefficient (Wildman–Crippen LogP) is 2.54. The molecule has 0 saturated carbocycles. The van der Waals surface area contributed by atoms with Crippen molar-refractivity contribution in [1.29, 1.82) is 5.26 Å². The Balaban J connectivity index is 3.47. The lowest BCUT2D eigenvalue weighted by atomic mass is 10.1. The van der Waals surface area contributed by atoms with Crippen molar-refractivity contribution < 1.29 is 4.92 Å². The summed E-state index contributed by atoms with van der Waals surface area (Å²) < 4.78 is 0.582. The summed E-state index contributed by atoms with van der Waals surface area (Å²) in [6, 6.07) is 4.79. The molecule has 0 atom stereocenters. The minimum absolute atomic E-state index is 0.0280. The van der Waals surface area contributed by atoms with E-state index in [-0.39, 0.29) is 5.69 Å². The van der Waals surface area contributed by atoms with Crippen LogP contribution in [0.25, 0.3) is 0 Å². The lowest BCUT2D eigenvalue weighted by Crippen LogP contribution is -1.94. The fraction of sp³-hybridized carbons (Fsp3) is 0.125. The van der Waals surface area contributed by atoms with Crippen molar-refractivity contribution in [2.45, 2.75) is 6.92 Å². The highest BCUT2D eigenvalue weighted by molar-refractivity contribution is 9.10. The number of halogens is 1. The topological polar surface area (TPSA) is 66.9 Å². The SMILES string of the molecule is Cc1c([N+](=O)[O-])ccc(Br)c1C#N. The van der Waals surface area contributed by atoms with Crippen LogP contribution in [0.5, 0.6) is 0 Å². The molecule has 1 aromatic carbocycles. The van der Waals surface area contributed by atoms with Crippen LogP contribution in [-0.4, -0.2) is 4.92 Å². The van der Waals surface area contributed by atoms with Crippen molar-refractivity contribution >= 4 is 21.6 Å². The van der Waals surface area contributed by atoms with E-state index in [0.717, 1.165) is 0 Å². The highest BCUT2D eigenvalue weighted by atomic mass is 79.9. The lowest BCUT2D eigenvalue weighted by molar-refractivity contribution is -0.385. The van der Waals surface area contributed by atoms with Crippen molar-refractivity contribution in [1.82, 2.24) is 0 Å². The number of nitriles is 1. The van der Waals surface area contributed by atoms with Crippen LogP contribution in [0.4, 0.5) is 5.69 Å². The first-order valence-corrected chi connectivity index (χ1v) is 4.21. The van der Waals surface area contributed by atoms with Gasteiger partial charge in [-0.1, -0.05) is 0 Å². The Hall–Kier alpha value is -1.41. The second kappa shape index (κ2) is 3.54. The molecule has 0 aliphatic heterocycles. The molecule has 0 saturated heterocycles. The van der Waals surface area contributed by atoms with Gasteiger partial charge in [0.05, 0.1) is 10.5 Å². The fourth-order valence-corrected chi connectivity index (χ4v) is 1.52. The first kappa shape index (κ1) is 9.68. The first-order chi connectivity index (χ1) is 6.07. The minimum Gasteiger partial charge on any atom is -0.258 e. The molecule has 0 spiro atoms. The third-order valence-corrected chi connectivity index (χ3v) is 2.35. The van der Waals surface area contributed by atoms with Crippen LogP contribution < -0.4 is 0 Å². The summed E-state index contributed by atoms with van der Waals surface area (Å²) in [4.78, 5) is 9.98. The molecular formula is C8H5BrN2O2. The maximum Gasteiger partial charge on any atom is 0.273 e. The van der Waals surface area contributed by atoms with Gasteiger partial charge in [0.15, 0.2) is 0 Å². The normalized spacial score (nSPS) is 9.31. The van der Waals surface area contributed by atoms with Crippen molar-refractivity contribution in [2.75, 3.05) is 0 Å². The maximum absolute atomic E-state index is 10.5. The van der Waals surface area contributed by atoms with Gasteiger partial charge in [0.1, 0.15) is 6.07 Å². The molecule has 13 heavy (non-hydrogen) atoms. The molecule has 0 fully saturated rings. The van der Waals surface area contributed by atoms with Crippen LogP contribution in [0.15, 0.2) is 16.6 Å². The van der Waals surface area contributed by atoms with E-state index in [1.165, 1.54) is 12.1 Å². The van der Waals surface area contributed by atoms with E-state index in [0.29, 0.717) is 15.6 Å². The van der Waals surface area contributed by atoms with Gasteiger partial charge < -0.3 is 0 Å². The molecule has 4 nitrogen and oxygen atoms in total. The van der Waals surface area contributed by atoms with Crippen LogP contribution in [0.2, 0.25) is 0 Å². The van der Waals surface area contributed by atoms with Gasteiger partial charge in [0.2, 0.25) is 0 Å². The average molecular weight is 241 g/mol. The fourth-order valence-electron chi connectivity index (χ4n) is 1.00. The molecule has 0 N–H and O–H groups in total. The molecule has 0 aliphatic carbocycles. The van der Waals surface area contributed by atoms with E-state index in [4.69, 9.17) is 5.26 Å². The van der Waals surface area contributed by atoms with Crippen molar-refractivity contribution in [2.24, 2.45) is 0 Å². The Morgan fingerprint density at radius 1 is 1.62 bits per heavy atom. The molecule has 1 aromatic rings. The maximum atomic E-state index is 10.5. The van der Waals surface area contributed by atoms with Crippen molar-refractivity contribution in [3.8, 4) is 6.07 Å². The van der Waals surface area contributed by atoms with Gasteiger partial charge in [-0.15, -0.1) is 0 Å². The van der Waals surface area contributed by atoms with Crippen molar-refractivity contribution in [3.63, 3.8) is 0 Å². The van der Waals surface area contributed by atoms with Crippen LogP contribution in [0.1, 0.15) is 11.1 Å². The van der Waals surface area contributed by atoms with E-state index >= 15 is 0 Å². The monoisotopic (exact) mass is 240 g/mol. The molecule has 1 rings (SSSR count). The minimum atomic E-state index is -0.497. The summed E-state index contributed by atoms with van der Waals surface area (Å²) in [7, 11) is 0. The average Bonchev–Trinajstić information content (AvgIpc) is 2.04. The molecule has 0 heterocycles. The second-order valence-corrected chi connectivity index (χ2v) is 3.29. The van der Waals surface area contributed by atoms with Gasteiger partial charge in [-0.05, 0) is 28.9 Å². The van der Waals surface area contributed by atoms with E-state index in [2.05, 4.69) is 15.9 Å². The van der Waals surface area contributed by atoms with E-state index in [9.17, 15) is 10.1 Å². The van der Waals surface area contributed by atoms with Crippen LogP contribution in [0, 0.1) is 28.4 Å². The van der Waals surface area contributed by atoms with Crippen molar-refractivity contribution in [3.05, 3.63) is 37.8 Å². The second-order valence-electron chi connectivity index (χ2n) is 2.44. The molecule has 66 valence electrons. The Morgan fingerprint density at radius 3 is 2.69 bits per heavy atom. The van der Waals surface area contributed by atoms with Gasteiger partial charge in [0, 0.05) is 16.1 Å². The summed E-state index contributed by atoms with van der Waals surface area (Å²) in [5.74, 6) is 0. The van der Waals surface area contributed by atoms with E-state index in [1.54, 1.807) is 6.92 Å². The van der Waals surface area contributed by atoms with Gasteiger partial charge in [0.25, 0.3) is 5.69 Å². The van der Waals surface area contributed by atoms with E-state index < -0.39 is 4.92 Å². The predicted molar refractivity (Wildman–Crippen MR) is 50.2 cm³/mol.